The first-order valence-electron chi connectivity index (χ1n) is 8.19. The Morgan fingerprint density at radius 3 is 2.52 bits per heavy atom. The van der Waals surface area contributed by atoms with Gasteiger partial charge in [0.25, 0.3) is 11.8 Å². The Morgan fingerprint density at radius 2 is 1.78 bits per heavy atom. The van der Waals surface area contributed by atoms with Crippen LogP contribution in [0.1, 0.15) is 22.8 Å². The molecule has 2 heterocycles. The zero-order chi connectivity index (χ0) is 19.3. The molecular weight excluding hydrogens is 380 g/mol. The van der Waals surface area contributed by atoms with E-state index in [9.17, 15) is 14.4 Å². The molecule has 134 valence electrons. The maximum Gasteiger partial charge on any atom is 0.271 e. The number of nitrogens with zero attached hydrogens (tertiary/aromatic N) is 2. The molecule has 0 atom stereocenters. The number of Topliss-reactive ketones (excluding diaryl/α,β-unsaturated/α-hetero) is 1. The molecule has 27 heavy (non-hydrogen) atoms. The quantitative estimate of drug-likeness (QED) is 0.442. The number of anilines is 2. The van der Waals surface area contributed by atoms with Gasteiger partial charge in [-0.3, -0.25) is 19.3 Å². The molecule has 7 heteroatoms. The summed E-state index contributed by atoms with van der Waals surface area (Å²) in [5, 5.41) is 0. The van der Waals surface area contributed by atoms with Gasteiger partial charge < -0.3 is 4.90 Å². The van der Waals surface area contributed by atoms with Crippen LogP contribution in [0.15, 0.2) is 53.4 Å². The van der Waals surface area contributed by atoms with E-state index in [4.69, 9.17) is 12.2 Å². The van der Waals surface area contributed by atoms with Crippen molar-refractivity contribution < 1.29 is 14.4 Å². The maximum atomic E-state index is 13.2. The number of ketones is 1. The standard InChI is InChI=1S/C20H14N2O3S2/c1-11(23)12-6-5-7-13(10-12)22-19(25)17(27-20(22)26)16-14-8-3-4-9-15(14)21(2)18(16)24/h3-10H,1-2H3/b17-16+. The molecule has 1 saturated heterocycles. The Labute approximate surface area is 165 Å². The first-order chi connectivity index (χ1) is 12.9. The molecular formula is C20H14N2O3S2. The minimum Gasteiger partial charge on any atom is -0.311 e. The van der Waals surface area contributed by atoms with E-state index in [1.54, 1.807) is 31.3 Å². The van der Waals surface area contributed by atoms with E-state index in [-0.39, 0.29) is 17.6 Å². The summed E-state index contributed by atoms with van der Waals surface area (Å²) in [4.78, 5) is 40.8. The second-order valence-electron chi connectivity index (χ2n) is 6.20. The topological polar surface area (TPSA) is 57.7 Å². The lowest BCUT2D eigenvalue weighted by Gasteiger charge is -2.15. The van der Waals surface area contributed by atoms with Gasteiger partial charge in [0, 0.05) is 18.2 Å². The van der Waals surface area contributed by atoms with Gasteiger partial charge in [-0.1, -0.05) is 54.3 Å². The van der Waals surface area contributed by atoms with Crippen molar-refractivity contribution in [3.63, 3.8) is 0 Å². The highest BCUT2D eigenvalue weighted by Gasteiger charge is 2.41. The van der Waals surface area contributed by atoms with Gasteiger partial charge >= 0.3 is 0 Å². The first-order valence-corrected chi connectivity index (χ1v) is 9.41. The van der Waals surface area contributed by atoms with E-state index >= 15 is 0 Å². The number of rotatable bonds is 2. The molecule has 2 amide bonds. The molecule has 0 spiro atoms. The molecule has 0 aromatic heterocycles. The Balaban J connectivity index is 1.83. The average Bonchev–Trinajstić information content (AvgIpc) is 3.08. The third-order valence-electron chi connectivity index (χ3n) is 4.56. The SMILES string of the molecule is CC(=O)c1cccc(N2C(=O)/C(=C3\C(=O)N(C)c4ccccc43)SC2=S)c1. The second-order valence-corrected chi connectivity index (χ2v) is 7.84. The van der Waals surface area contributed by atoms with Crippen LogP contribution in [0.5, 0.6) is 0 Å². The third kappa shape index (κ3) is 2.70. The fourth-order valence-electron chi connectivity index (χ4n) is 3.19. The van der Waals surface area contributed by atoms with Gasteiger partial charge in [0.1, 0.15) is 0 Å². The number of benzene rings is 2. The fourth-order valence-corrected chi connectivity index (χ4v) is 4.57. The van der Waals surface area contributed by atoms with E-state index < -0.39 is 0 Å². The molecule has 2 aliphatic heterocycles. The minimum absolute atomic E-state index is 0.0952. The van der Waals surface area contributed by atoms with Crippen molar-refractivity contribution in [1.82, 2.24) is 0 Å². The lowest BCUT2D eigenvalue weighted by Crippen LogP contribution is -2.28. The van der Waals surface area contributed by atoms with E-state index in [0.717, 1.165) is 23.0 Å². The second kappa shape index (κ2) is 6.44. The largest absolute Gasteiger partial charge is 0.311 e. The summed E-state index contributed by atoms with van der Waals surface area (Å²) in [6.07, 6.45) is 0. The predicted molar refractivity (Wildman–Crippen MR) is 111 cm³/mol. The van der Waals surface area contributed by atoms with Crippen LogP contribution in [-0.2, 0) is 9.59 Å². The Bertz CT molecular complexity index is 1070. The number of hydrogen-bond donors (Lipinski definition) is 0. The van der Waals surface area contributed by atoms with Gasteiger partial charge in [-0.05, 0) is 25.1 Å². The number of carbonyl (C=O) groups excluding carboxylic acids is 3. The highest BCUT2D eigenvalue weighted by atomic mass is 32.2. The molecule has 0 N–H and O–H groups in total. The predicted octanol–water partition coefficient (Wildman–Crippen LogP) is 3.64. The van der Waals surface area contributed by atoms with Crippen LogP contribution in [0.4, 0.5) is 11.4 Å². The first kappa shape index (κ1) is 17.6. The average molecular weight is 394 g/mol. The Hall–Kier alpha value is -2.77. The normalized spacial score (nSPS) is 19.1. The zero-order valence-electron chi connectivity index (χ0n) is 14.6. The van der Waals surface area contributed by atoms with Gasteiger partial charge in [0.2, 0.25) is 0 Å². The highest BCUT2D eigenvalue weighted by molar-refractivity contribution is 8.27. The summed E-state index contributed by atoms with van der Waals surface area (Å²) >= 11 is 6.52. The number of fused-ring (bicyclic) bond motifs is 1. The number of hydrogen-bond acceptors (Lipinski definition) is 5. The molecule has 5 nitrogen and oxygen atoms in total. The Kier molecular flexibility index (Phi) is 4.20. The summed E-state index contributed by atoms with van der Waals surface area (Å²) in [5.41, 5.74) is 2.88. The number of thiocarbonyl (C=S) groups is 1. The van der Waals surface area contributed by atoms with E-state index in [0.29, 0.717) is 26.0 Å². The number of para-hydroxylation sites is 1. The van der Waals surface area contributed by atoms with Crippen LogP contribution in [-0.4, -0.2) is 29.0 Å². The summed E-state index contributed by atoms with van der Waals surface area (Å²) in [5.74, 6) is -0.671. The molecule has 0 saturated carbocycles. The van der Waals surface area contributed by atoms with E-state index in [1.807, 2.05) is 24.3 Å². The molecule has 2 aromatic carbocycles. The van der Waals surface area contributed by atoms with Gasteiger partial charge in [-0.25, -0.2) is 0 Å². The van der Waals surface area contributed by atoms with Crippen molar-refractivity contribution in [3.05, 3.63) is 64.6 Å². The number of thioether (sulfide) groups is 1. The van der Waals surface area contributed by atoms with Crippen LogP contribution < -0.4 is 9.80 Å². The fraction of sp³-hybridized carbons (Fsp3) is 0.100. The molecule has 0 radical (unpaired) electrons. The third-order valence-corrected chi connectivity index (χ3v) is 5.93. The lowest BCUT2D eigenvalue weighted by molar-refractivity contribution is -0.115. The van der Waals surface area contributed by atoms with Gasteiger partial charge in [0.15, 0.2) is 10.1 Å². The van der Waals surface area contributed by atoms with Crippen molar-refractivity contribution in [2.24, 2.45) is 0 Å². The van der Waals surface area contributed by atoms with Crippen molar-refractivity contribution in [1.29, 1.82) is 0 Å². The summed E-state index contributed by atoms with van der Waals surface area (Å²) in [6, 6.07) is 14.1. The molecule has 0 aliphatic carbocycles. The molecule has 4 rings (SSSR count). The van der Waals surface area contributed by atoms with Crippen molar-refractivity contribution in [2.45, 2.75) is 6.92 Å². The minimum atomic E-state index is -0.348. The Morgan fingerprint density at radius 1 is 1.04 bits per heavy atom. The highest BCUT2D eigenvalue weighted by Crippen LogP contribution is 2.45. The van der Waals surface area contributed by atoms with Crippen molar-refractivity contribution in [3.8, 4) is 0 Å². The van der Waals surface area contributed by atoms with Crippen LogP contribution in [0.25, 0.3) is 5.57 Å². The molecule has 2 aromatic rings. The summed E-state index contributed by atoms with van der Waals surface area (Å²) in [7, 11) is 1.69. The molecule has 0 bridgehead atoms. The van der Waals surface area contributed by atoms with Crippen LogP contribution in [0, 0.1) is 0 Å². The molecule has 2 aliphatic rings. The monoisotopic (exact) mass is 394 g/mol. The zero-order valence-corrected chi connectivity index (χ0v) is 16.2. The van der Waals surface area contributed by atoms with Gasteiger partial charge in [0.05, 0.1) is 21.9 Å². The lowest BCUT2D eigenvalue weighted by atomic mass is 10.1. The number of carbonyl (C=O) groups is 3. The number of likely N-dealkylation sites (N-methyl/N-ethyl adjacent to an activating group) is 1. The van der Waals surface area contributed by atoms with Crippen LogP contribution in [0.3, 0.4) is 0 Å². The van der Waals surface area contributed by atoms with Crippen molar-refractivity contribution >= 4 is 62.8 Å². The van der Waals surface area contributed by atoms with Crippen LogP contribution in [0.2, 0.25) is 0 Å². The van der Waals surface area contributed by atoms with Crippen LogP contribution >= 0.6 is 24.0 Å². The summed E-state index contributed by atoms with van der Waals surface area (Å²) in [6.45, 7) is 1.47. The van der Waals surface area contributed by atoms with E-state index in [2.05, 4.69) is 0 Å². The summed E-state index contributed by atoms with van der Waals surface area (Å²) < 4.78 is 0.336. The van der Waals surface area contributed by atoms with Crippen molar-refractivity contribution in [2.75, 3.05) is 16.8 Å². The van der Waals surface area contributed by atoms with Gasteiger partial charge in [-0.2, -0.15) is 0 Å². The van der Waals surface area contributed by atoms with Gasteiger partial charge in [-0.15, -0.1) is 0 Å². The molecule has 0 unspecified atom stereocenters. The number of amides is 2. The van der Waals surface area contributed by atoms with E-state index in [1.165, 1.54) is 16.7 Å². The smallest absolute Gasteiger partial charge is 0.271 e. The molecule has 1 fully saturated rings. The maximum absolute atomic E-state index is 13.2.